The van der Waals surface area contributed by atoms with E-state index in [1.54, 1.807) is 23.5 Å². The molecule has 1 saturated heterocycles. The number of carbonyl (C=O) groups is 1. The predicted molar refractivity (Wildman–Crippen MR) is 129 cm³/mol. The van der Waals surface area contributed by atoms with Crippen molar-refractivity contribution in [1.82, 2.24) is 0 Å². The molecule has 33 heavy (non-hydrogen) atoms. The lowest BCUT2D eigenvalue weighted by atomic mass is 9.86. The second-order valence-electron chi connectivity index (χ2n) is 9.40. The van der Waals surface area contributed by atoms with Crippen LogP contribution in [-0.4, -0.2) is 24.7 Å². The first-order valence-corrected chi connectivity index (χ1v) is 13.1. The Bertz CT molecular complexity index is 1100. The van der Waals surface area contributed by atoms with Crippen LogP contribution >= 0.6 is 34.5 Å². The molecule has 1 fully saturated rings. The molecule has 2 aromatic rings. The first kappa shape index (κ1) is 23.3. The highest BCUT2D eigenvalue weighted by atomic mass is 35.5. The number of thiophene rings is 1. The maximum absolute atomic E-state index is 13.9. The fourth-order valence-electron chi connectivity index (χ4n) is 5.07. The molecule has 2 aliphatic heterocycles. The number of carbonyl (C=O) groups excluding carboxylic acids is 1. The summed E-state index contributed by atoms with van der Waals surface area (Å²) in [4.78, 5) is 21.1. The van der Waals surface area contributed by atoms with Crippen molar-refractivity contribution in [1.29, 1.82) is 0 Å². The van der Waals surface area contributed by atoms with Gasteiger partial charge in [0, 0.05) is 31.6 Å². The number of hydrogen-bond donors (Lipinski definition) is 0. The quantitative estimate of drug-likeness (QED) is 0.318. The van der Waals surface area contributed by atoms with E-state index in [1.807, 2.05) is 6.92 Å². The Morgan fingerprint density at radius 3 is 2.55 bits per heavy atom. The number of Topliss-reactive ketones (excluding diaryl/α,β-unsaturated/α-hetero) is 1. The van der Waals surface area contributed by atoms with Crippen molar-refractivity contribution in [3.05, 3.63) is 54.4 Å². The molecule has 1 aliphatic carbocycles. The maximum atomic E-state index is 13.9. The predicted octanol–water partition coefficient (Wildman–Crippen LogP) is 7.11. The third-order valence-electron chi connectivity index (χ3n) is 7.01. The van der Waals surface area contributed by atoms with Gasteiger partial charge in [0.05, 0.1) is 19.8 Å². The van der Waals surface area contributed by atoms with E-state index in [0.29, 0.717) is 24.3 Å². The summed E-state index contributed by atoms with van der Waals surface area (Å²) in [6.07, 6.45) is 7.11. The summed E-state index contributed by atoms with van der Waals surface area (Å²) in [5.41, 5.74) is 3.18. The van der Waals surface area contributed by atoms with E-state index < -0.39 is 11.4 Å². The van der Waals surface area contributed by atoms with Crippen LogP contribution in [0.25, 0.3) is 0 Å². The summed E-state index contributed by atoms with van der Waals surface area (Å²) in [5.74, 6) is 0.0139. The molecule has 0 spiro atoms. The van der Waals surface area contributed by atoms with Crippen LogP contribution in [0.4, 0.5) is 4.39 Å². The van der Waals surface area contributed by atoms with Crippen LogP contribution in [0.5, 0.6) is 0 Å². The molecule has 0 saturated carbocycles. The SMILES string of the molecule is CC1(c2cc(Cl)c(F)c(Cl)c2)CC(c2sc(C(=O)CC3CCOCC3)c3c2CCCC3)=NO1. The highest BCUT2D eigenvalue weighted by molar-refractivity contribution is 7.16. The van der Waals surface area contributed by atoms with Gasteiger partial charge in [-0.05, 0) is 74.6 Å². The summed E-state index contributed by atoms with van der Waals surface area (Å²) >= 11 is 13.6. The average Bonchev–Trinajstić information content (AvgIpc) is 3.40. The van der Waals surface area contributed by atoms with Crippen molar-refractivity contribution >= 4 is 46.0 Å². The molecule has 5 rings (SSSR count). The highest BCUT2D eigenvalue weighted by Crippen LogP contribution is 2.43. The van der Waals surface area contributed by atoms with Crippen molar-refractivity contribution in [3.63, 3.8) is 0 Å². The Kier molecular flexibility index (Phi) is 6.55. The Balaban J connectivity index is 1.42. The fourth-order valence-corrected chi connectivity index (χ4v) is 6.89. The Hall–Kier alpha value is -1.47. The minimum atomic E-state index is -0.797. The number of ketones is 1. The zero-order valence-corrected chi connectivity index (χ0v) is 20.8. The van der Waals surface area contributed by atoms with Gasteiger partial charge >= 0.3 is 0 Å². The minimum absolute atomic E-state index is 0.0368. The minimum Gasteiger partial charge on any atom is -0.384 e. The molecule has 4 nitrogen and oxygen atoms in total. The van der Waals surface area contributed by atoms with Gasteiger partial charge in [0.2, 0.25) is 0 Å². The second kappa shape index (κ2) is 9.29. The Morgan fingerprint density at radius 2 is 1.85 bits per heavy atom. The number of rotatable bonds is 5. The van der Waals surface area contributed by atoms with Crippen LogP contribution in [0.15, 0.2) is 17.3 Å². The topological polar surface area (TPSA) is 47.9 Å². The van der Waals surface area contributed by atoms with Crippen LogP contribution in [0.1, 0.15) is 76.7 Å². The van der Waals surface area contributed by atoms with E-state index in [4.69, 9.17) is 32.8 Å². The molecule has 3 heterocycles. The highest BCUT2D eigenvalue weighted by Gasteiger charge is 2.40. The molecule has 176 valence electrons. The largest absolute Gasteiger partial charge is 0.384 e. The van der Waals surface area contributed by atoms with Crippen molar-refractivity contribution in [3.8, 4) is 0 Å². The van der Waals surface area contributed by atoms with E-state index in [0.717, 1.165) is 67.2 Å². The van der Waals surface area contributed by atoms with Crippen molar-refractivity contribution in [2.45, 2.75) is 63.9 Å². The third kappa shape index (κ3) is 4.47. The van der Waals surface area contributed by atoms with Gasteiger partial charge in [-0.3, -0.25) is 4.79 Å². The number of benzene rings is 1. The lowest BCUT2D eigenvalue weighted by Gasteiger charge is -2.22. The maximum Gasteiger partial charge on any atom is 0.173 e. The van der Waals surface area contributed by atoms with Gasteiger partial charge < -0.3 is 9.57 Å². The normalized spacial score (nSPS) is 23.2. The van der Waals surface area contributed by atoms with Gasteiger partial charge in [-0.2, -0.15) is 0 Å². The van der Waals surface area contributed by atoms with Gasteiger partial charge in [-0.15, -0.1) is 11.3 Å². The average molecular weight is 510 g/mol. The summed E-state index contributed by atoms with van der Waals surface area (Å²) in [5, 5.41) is 4.36. The molecule has 8 heteroatoms. The smallest absolute Gasteiger partial charge is 0.173 e. The molecule has 0 N–H and O–H groups in total. The lowest BCUT2D eigenvalue weighted by molar-refractivity contribution is -0.00742. The van der Waals surface area contributed by atoms with E-state index in [2.05, 4.69) is 5.16 Å². The fraction of sp³-hybridized carbons (Fsp3) is 0.520. The van der Waals surface area contributed by atoms with E-state index >= 15 is 0 Å². The second-order valence-corrected chi connectivity index (χ2v) is 11.2. The molecule has 1 atom stereocenters. The van der Waals surface area contributed by atoms with Crippen LogP contribution in [0.3, 0.4) is 0 Å². The monoisotopic (exact) mass is 509 g/mol. The molecular weight excluding hydrogens is 484 g/mol. The molecule has 3 aliphatic rings. The molecule has 0 radical (unpaired) electrons. The van der Waals surface area contributed by atoms with Crippen LogP contribution in [0.2, 0.25) is 10.0 Å². The number of halogens is 3. The first-order valence-electron chi connectivity index (χ1n) is 11.5. The van der Waals surface area contributed by atoms with E-state index in [-0.39, 0.29) is 15.8 Å². The molecule has 0 bridgehead atoms. The number of nitrogens with zero attached hydrogens (tertiary/aromatic N) is 1. The van der Waals surface area contributed by atoms with Crippen molar-refractivity contribution < 1.29 is 18.8 Å². The van der Waals surface area contributed by atoms with Crippen molar-refractivity contribution in [2.24, 2.45) is 11.1 Å². The number of hydrogen-bond acceptors (Lipinski definition) is 5. The molecule has 0 amide bonds. The summed E-state index contributed by atoms with van der Waals surface area (Å²) in [7, 11) is 0. The van der Waals surface area contributed by atoms with Crippen LogP contribution < -0.4 is 0 Å². The van der Waals surface area contributed by atoms with Gasteiger partial charge in [-0.1, -0.05) is 28.4 Å². The zero-order valence-electron chi connectivity index (χ0n) is 18.5. The van der Waals surface area contributed by atoms with E-state index in [1.165, 1.54) is 11.1 Å². The molecule has 1 unspecified atom stereocenters. The van der Waals surface area contributed by atoms with Crippen LogP contribution in [0, 0.1) is 11.7 Å². The van der Waals surface area contributed by atoms with Crippen LogP contribution in [-0.2, 0) is 28.0 Å². The number of fused-ring (bicyclic) bond motifs is 1. The Morgan fingerprint density at radius 1 is 1.18 bits per heavy atom. The number of ether oxygens (including phenoxy) is 1. The third-order valence-corrected chi connectivity index (χ3v) is 8.92. The summed E-state index contributed by atoms with van der Waals surface area (Å²) in [6, 6.07) is 3.10. The Labute approximate surface area is 207 Å². The molecule has 1 aromatic carbocycles. The van der Waals surface area contributed by atoms with Gasteiger partial charge in [0.25, 0.3) is 0 Å². The van der Waals surface area contributed by atoms with Gasteiger partial charge in [-0.25, -0.2) is 4.39 Å². The molecular formula is C25H26Cl2FNO3S. The standard InChI is InChI=1S/C25H26Cl2FNO3S/c1-25(15-11-18(26)22(28)19(27)12-15)13-20(29-32-25)23-16-4-2-3-5-17(16)24(33-23)21(30)10-14-6-8-31-9-7-14/h11-12,14H,2-10,13H2,1H3. The van der Waals surface area contributed by atoms with Crippen molar-refractivity contribution in [2.75, 3.05) is 13.2 Å². The summed E-state index contributed by atoms with van der Waals surface area (Å²) < 4.78 is 19.4. The zero-order chi connectivity index (χ0) is 23.2. The number of oxime groups is 1. The van der Waals surface area contributed by atoms with E-state index in [9.17, 15) is 9.18 Å². The van der Waals surface area contributed by atoms with Gasteiger partial charge in [0.1, 0.15) is 5.71 Å². The molecule has 1 aromatic heterocycles. The lowest BCUT2D eigenvalue weighted by Crippen LogP contribution is -2.22. The first-order chi connectivity index (χ1) is 15.9. The summed E-state index contributed by atoms with van der Waals surface area (Å²) in [6.45, 7) is 3.40. The van der Waals surface area contributed by atoms with Gasteiger partial charge in [0.15, 0.2) is 17.2 Å².